The minimum absolute atomic E-state index is 0.257. The van der Waals surface area contributed by atoms with Crippen LogP contribution < -0.4 is 0 Å². The summed E-state index contributed by atoms with van der Waals surface area (Å²) in [5, 5.41) is 8.82. The zero-order chi connectivity index (χ0) is 12.3. The number of hydrogen-bond donors (Lipinski definition) is 1. The minimum Gasteiger partial charge on any atom is -0.480 e. The highest BCUT2D eigenvalue weighted by Gasteiger charge is 2.18. The molecule has 0 aliphatic carbocycles. The molecular weight excluding hydrogens is 209 g/mol. The second-order valence-corrected chi connectivity index (χ2v) is 3.98. The number of benzene rings is 1. The van der Waals surface area contributed by atoms with Crippen LogP contribution in [0.4, 0.5) is 4.39 Å². The van der Waals surface area contributed by atoms with E-state index in [9.17, 15) is 9.18 Å². The van der Waals surface area contributed by atoms with Crippen LogP contribution >= 0.6 is 0 Å². The molecule has 0 heterocycles. The van der Waals surface area contributed by atoms with Crippen molar-refractivity contribution in [2.24, 2.45) is 0 Å². The van der Waals surface area contributed by atoms with Gasteiger partial charge in [0.25, 0.3) is 0 Å². The Balaban J connectivity index is 2.81. The predicted molar refractivity (Wildman–Crippen MR) is 59.7 cm³/mol. The quantitative estimate of drug-likeness (QED) is 0.852. The summed E-state index contributed by atoms with van der Waals surface area (Å²) in [5.41, 5.74) is 1.10. The number of aliphatic carboxylic acids is 1. The van der Waals surface area contributed by atoms with E-state index < -0.39 is 12.0 Å². The minimum atomic E-state index is -0.907. The Kier molecular flexibility index (Phi) is 4.01. The number of aryl methyl sites for hydroxylation is 1. The molecule has 0 fully saturated rings. The van der Waals surface area contributed by atoms with Crippen molar-refractivity contribution < 1.29 is 14.3 Å². The molecule has 0 bridgehead atoms. The van der Waals surface area contributed by atoms with Crippen LogP contribution in [0.25, 0.3) is 0 Å². The number of hydrogen-bond acceptors (Lipinski definition) is 2. The summed E-state index contributed by atoms with van der Waals surface area (Å²) in [4.78, 5) is 12.3. The second-order valence-electron chi connectivity index (χ2n) is 3.98. The van der Waals surface area contributed by atoms with E-state index in [4.69, 9.17) is 5.11 Å². The van der Waals surface area contributed by atoms with Crippen molar-refractivity contribution in [3.8, 4) is 0 Å². The molecule has 1 unspecified atom stereocenters. The molecule has 4 heteroatoms. The van der Waals surface area contributed by atoms with Gasteiger partial charge in [0.2, 0.25) is 0 Å². The Morgan fingerprint density at radius 2 is 2.19 bits per heavy atom. The molecule has 88 valence electrons. The lowest BCUT2D eigenvalue weighted by atomic mass is 10.1. The summed E-state index contributed by atoms with van der Waals surface area (Å²) in [5.74, 6) is -1.16. The van der Waals surface area contributed by atoms with E-state index in [2.05, 4.69) is 0 Å². The van der Waals surface area contributed by atoms with Crippen molar-refractivity contribution in [3.05, 3.63) is 35.1 Å². The monoisotopic (exact) mass is 225 g/mol. The molecule has 1 rings (SSSR count). The Hall–Kier alpha value is -1.42. The van der Waals surface area contributed by atoms with Gasteiger partial charge in [-0.1, -0.05) is 18.2 Å². The largest absolute Gasteiger partial charge is 0.480 e. The predicted octanol–water partition coefficient (Wildman–Crippen LogP) is 2.04. The fourth-order valence-electron chi connectivity index (χ4n) is 1.42. The first-order chi connectivity index (χ1) is 7.43. The Bertz CT molecular complexity index is 393. The number of halogens is 1. The lowest BCUT2D eigenvalue weighted by Crippen LogP contribution is -2.35. The van der Waals surface area contributed by atoms with Gasteiger partial charge in [0.05, 0.1) is 0 Å². The Morgan fingerprint density at radius 1 is 1.56 bits per heavy atom. The highest BCUT2D eigenvalue weighted by atomic mass is 19.1. The zero-order valence-electron chi connectivity index (χ0n) is 9.70. The van der Waals surface area contributed by atoms with E-state index in [0.29, 0.717) is 17.7 Å². The number of nitrogens with zero attached hydrogens (tertiary/aromatic N) is 1. The number of likely N-dealkylation sites (N-methyl/N-ethyl adjacent to an activating group) is 1. The zero-order valence-corrected chi connectivity index (χ0v) is 9.70. The SMILES string of the molecule is Cc1cccc(CN(C)C(C)C(=O)O)c1F. The lowest BCUT2D eigenvalue weighted by Gasteiger charge is -2.21. The van der Waals surface area contributed by atoms with E-state index >= 15 is 0 Å². The van der Waals surface area contributed by atoms with Crippen LogP contribution in [0.2, 0.25) is 0 Å². The van der Waals surface area contributed by atoms with Gasteiger partial charge in [-0.25, -0.2) is 4.39 Å². The lowest BCUT2D eigenvalue weighted by molar-refractivity contribution is -0.142. The van der Waals surface area contributed by atoms with Gasteiger partial charge >= 0.3 is 5.97 Å². The second kappa shape index (κ2) is 5.07. The number of carboxylic acids is 1. The summed E-state index contributed by atoms with van der Waals surface area (Å²) in [6.45, 7) is 3.57. The first-order valence-electron chi connectivity index (χ1n) is 5.10. The van der Waals surface area contributed by atoms with Crippen molar-refractivity contribution >= 4 is 5.97 Å². The van der Waals surface area contributed by atoms with E-state index in [-0.39, 0.29) is 5.82 Å². The van der Waals surface area contributed by atoms with Gasteiger partial charge in [-0.05, 0) is 26.5 Å². The van der Waals surface area contributed by atoms with Crippen molar-refractivity contribution in [3.63, 3.8) is 0 Å². The maximum absolute atomic E-state index is 13.7. The molecular formula is C12H16FNO2. The van der Waals surface area contributed by atoms with Gasteiger partial charge in [0.15, 0.2) is 0 Å². The van der Waals surface area contributed by atoms with Crippen LogP contribution in [0.3, 0.4) is 0 Å². The molecule has 3 nitrogen and oxygen atoms in total. The number of carbonyl (C=O) groups is 1. The number of rotatable bonds is 4. The average Bonchev–Trinajstić information content (AvgIpc) is 2.23. The van der Waals surface area contributed by atoms with E-state index in [1.165, 1.54) is 0 Å². The molecule has 0 aliphatic rings. The van der Waals surface area contributed by atoms with Gasteiger partial charge in [-0.3, -0.25) is 9.69 Å². The Morgan fingerprint density at radius 3 is 2.75 bits per heavy atom. The average molecular weight is 225 g/mol. The van der Waals surface area contributed by atoms with E-state index in [0.717, 1.165) is 0 Å². The summed E-state index contributed by atoms with van der Waals surface area (Å²) in [7, 11) is 1.67. The third-order valence-electron chi connectivity index (χ3n) is 2.71. The molecule has 0 aromatic heterocycles. The van der Waals surface area contributed by atoms with Crippen LogP contribution in [0.1, 0.15) is 18.1 Å². The summed E-state index contributed by atoms with van der Waals surface area (Å²) >= 11 is 0. The highest BCUT2D eigenvalue weighted by Crippen LogP contribution is 2.14. The third kappa shape index (κ3) is 2.79. The number of carboxylic acid groups (broad SMARTS) is 1. The fraction of sp³-hybridized carbons (Fsp3) is 0.417. The maximum Gasteiger partial charge on any atom is 0.320 e. The smallest absolute Gasteiger partial charge is 0.320 e. The molecule has 1 N–H and O–H groups in total. The van der Waals surface area contributed by atoms with Gasteiger partial charge < -0.3 is 5.11 Å². The van der Waals surface area contributed by atoms with Gasteiger partial charge in [-0.2, -0.15) is 0 Å². The topological polar surface area (TPSA) is 40.5 Å². The van der Waals surface area contributed by atoms with Gasteiger partial charge in [-0.15, -0.1) is 0 Å². The van der Waals surface area contributed by atoms with E-state index in [1.54, 1.807) is 44.0 Å². The maximum atomic E-state index is 13.7. The summed E-state index contributed by atoms with van der Waals surface area (Å²) in [6.07, 6.45) is 0. The van der Waals surface area contributed by atoms with Crippen LogP contribution in [-0.2, 0) is 11.3 Å². The molecule has 0 saturated heterocycles. The fourth-order valence-corrected chi connectivity index (χ4v) is 1.42. The molecule has 16 heavy (non-hydrogen) atoms. The van der Waals surface area contributed by atoms with Crippen molar-refractivity contribution in [1.29, 1.82) is 0 Å². The highest BCUT2D eigenvalue weighted by molar-refractivity contribution is 5.72. The van der Waals surface area contributed by atoms with Crippen LogP contribution in [0, 0.1) is 12.7 Å². The van der Waals surface area contributed by atoms with Gasteiger partial charge in [0.1, 0.15) is 11.9 Å². The molecule has 1 aromatic carbocycles. The first-order valence-corrected chi connectivity index (χ1v) is 5.10. The normalized spacial score (nSPS) is 12.8. The molecule has 0 radical (unpaired) electrons. The summed E-state index contributed by atoms with van der Waals surface area (Å²) in [6, 6.07) is 4.51. The molecule has 1 atom stereocenters. The van der Waals surface area contributed by atoms with Crippen LogP contribution in [0.5, 0.6) is 0 Å². The van der Waals surface area contributed by atoms with Crippen molar-refractivity contribution in [2.45, 2.75) is 26.4 Å². The molecule has 0 amide bonds. The molecule has 0 saturated carbocycles. The van der Waals surface area contributed by atoms with Crippen molar-refractivity contribution in [1.82, 2.24) is 4.90 Å². The first kappa shape index (κ1) is 12.6. The van der Waals surface area contributed by atoms with Crippen molar-refractivity contribution in [2.75, 3.05) is 7.05 Å². The summed E-state index contributed by atoms with van der Waals surface area (Å²) < 4.78 is 13.7. The molecule has 0 spiro atoms. The molecule has 1 aromatic rings. The van der Waals surface area contributed by atoms with E-state index in [1.807, 2.05) is 0 Å². The van der Waals surface area contributed by atoms with Crippen LogP contribution in [0.15, 0.2) is 18.2 Å². The standard InChI is InChI=1S/C12H16FNO2/c1-8-5-4-6-10(11(8)13)7-14(3)9(2)12(15)16/h4-6,9H,7H2,1-3H3,(H,15,16). The third-order valence-corrected chi connectivity index (χ3v) is 2.71. The Labute approximate surface area is 94.5 Å². The molecule has 0 aliphatic heterocycles. The van der Waals surface area contributed by atoms with Gasteiger partial charge in [0, 0.05) is 12.1 Å². The van der Waals surface area contributed by atoms with Crippen LogP contribution in [-0.4, -0.2) is 29.1 Å².